The number of nitrogens with zero attached hydrogens (tertiary/aromatic N) is 2. The predicted molar refractivity (Wildman–Crippen MR) is 82.9 cm³/mol. The molecular formula is C12H13BrClN3S. The highest BCUT2D eigenvalue weighted by Gasteiger charge is 2.07. The molecule has 0 aliphatic carbocycles. The summed E-state index contributed by atoms with van der Waals surface area (Å²) in [7, 11) is 4.03. The van der Waals surface area contributed by atoms with Gasteiger partial charge in [0.1, 0.15) is 4.34 Å². The lowest BCUT2D eigenvalue weighted by molar-refractivity contribution is 1.10. The molecule has 0 aliphatic heterocycles. The number of halogens is 2. The molecule has 0 atom stereocenters. The third-order valence-electron chi connectivity index (χ3n) is 2.43. The molecular weight excluding hydrogens is 334 g/mol. The number of aromatic nitrogens is 1. The monoisotopic (exact) mass is 345 g/mol. The van der Waals surface area contributed by atoms with Gasteiger partial charge in [0, 0.05) is 36.2 Å². The first-order valence-electron chi connectivity index (χ1n) is 5.37. The summed E-state index contributed by atoms with van der Waals surface area (Å²) in [5, 5.41) is 3.38. The number of hydrogen-bond donors (Lipinski definition) is 1. The predicted octanol–water partition coefficient (Wildman–Crippen LogP) is 4.24. The Morgan fingerprint density at radius 1 is 1.50 bits per heavy atom. The summed E-state index contributed by atoms with van der Waals surface area (Å²) in [6, 6.07) is 4.02. The standard InChI is InChI=1S/C12H13BrClN3S/c1-17(2)11-3-4-15-7-10(11)16-6-8-5-9(13)12(14)18-8/h3-5,7,16H,6H2,1-2H3. The van der Waals surface area contributed by atoms with Crippen LogP contribution in [0, 0.1) is 0 Å². The van der Waals surface area contributed by atoms with E-state index < -0.39 is 0 Å². The lowest BCUT2D eigenvalue weighted by Crippen LogP contribution is -2.12. The molecule has 0 unspecified atom stereocenters. The summed E-state index contributed by atoms with van der Waals surface area (Å²) in [6.07, 6.45) is 3.62. The quantitative estimate of drug-likeness (QED) is 0.897. The summed E-state index contributed by atoms with van der Waals surface area (Å²) >= 11 is 11.0. The summed E-state index contributed by atoms with van der Waals surface area (Å²) in [5.74, 6) is 0. The van der Waals surface area contributed by atoms with Gasteiger partial charge in [-0.2, -0.15) is 0 Å². The summed E-state index contributed by atoms with van der Waals surface area (Å²) in [4.78, 5) is 7.38. The molecule has 0 amide bonds. The fourth-order valence-corrected chi connectivity index (χ4v) is 3.30. The molecule has 1 N–H and O–H groups in total. The Morgan fingerprint density at radius 2 is 2.28 bits per heavy atom. The van der Waals surface area contributed by atoms with Crippen LogP contribution in [0.3, 0.4) is 0 Å². The second-order valence-corrected chi connectivity index (χ2v) is 6.57. The Balaban J connectivity index is 2.10. The van der Waals surface area contributed by atoms with Crippen LogP contribution in [0.4, 0.5) is 11.4 Å². The van der Waals surface area contributed by atoms with Crippen LogP contribution in [-0.4, -0.2) is 19.1 Å². The molecule has 2 rings (SSSR count). The van der Waals surface area contributed by atoms with E-state index in [1.807, 2.05) is 32.4 Å². The van der Waals surface area contributed by atoms with Gasteiger partial charge in [-0.3, -0.25) is 4.98 Å². The largest absolute Gasteiger partial charge is 0.377 e. The van der Waals surface area contributed by atoms with Gasteiger partial charge in [0.15, 0.2) is 0 Å². The van der Waals surface area contributed by atoms with Crippen LogP contribution < -0.4 is 10.2 Å². The van der Waals surface area contributed by atoms with E-state index in [0.717, 1.165) is 26.7 Å². The molecule has 0 saturated heterocycles. The molecule has 96 valence electrons. The maximum atomic E-state index is 6.02. The normalized spacial score (nSPS) is 10.4. The van der Waals surface area contributed by atoms with Crippen molar-refractivity contribution in [2.45, 2.75) is 6.54 Å². The molecule has 18 heavy (non-hydrogen) atoms. The van der Waals surface area contributed by atoms with Crippen molar-refractivity contribution >= 4 is 50.2 Å². The van der Waals surface area contributed by atoms with E-state index in [9.17, 15) is 0 Å². The summed E-state index contributed by atoms with van der Waals surface area (Å²) in [5.41, 5.74) is 2.13. The molecule has 3 nitrogen and oxygen atoms in total. The van der Waals surface area contributed by atoms with Gasteiger partial charge in [0.25, 0.3) is 0 Å². The first-order chi connectivity index (χ1) is 8.58. The van der Waals surface area contributed by atoms with Crippen LogP contribution in [-0.2, 0) is 6.54 Å². The number of nitrogens with one attached hydrogen (secondary N) is 1. The van der Waals surface area contributed by atoms with Crippen molar-refractivity contribution in [1.29, 1.82) is 0 Å². The molecule has 2 aromatic rings. The minimum Gasteiger partial charge on any atom is -0.377 e. The Bertz CT molecular complexity index is 522. The number of pyridine rings is 1. The summed E-state index contributed by atoms with van der Waals surface area (Å²) in [6.45, 7) is 0.739. The van der Waals surface area contributed by atoms with Crippen LogP contribution >= 0.6 is 38.9 Å². The van der Waals surface area contributed by atoms with Crippen LogP contribution in [0.15, 0.2) is 29.0 Å². The highest BCUT2D eigenvalue weighted by molar-refractivity contribution is 9.10. The third kappa shape index (κ3) is 3.16. The SMILES string of the molecule is CN(C)c1ccncc1NCc1cc(Br)c(Cl)s1. The first-order valence-corrected chi connectivity index (χ1v) is 7.35. The number of rotatable bonds is 4. The van der Waals surface area contributed by atoms with Gasteiger partial charge >= 0.3 is 0 Å². The molecule has 0 saturated carbocycles. The summed E-state index contributed by atoms with van der Waals surface area (Å²) < 4.78 is 1.73. The van der Waals surface area contributed by atoms with Crippen molar-refractivity contribution in [2.24, 2.45) is 0 Å². The maximum absolute atomic E-state index is 6.02. The molecule has 2 aromatic heterocycles. The van der Waals surface area contributed by atoms with Crippen LogP contribution in [0.1, 0.15) is 4.88 Å². The molecule has 0 radical (unpaired) electrons. The van der Waals surface area contributed by atoms with Crippen LogP contribution in [0.25, 0.3) is 0 Å². The number of anilines is 2. The Labute approximate surface area is 124 Å². The zero-order chi connectivity index (χ0) is 13.1. The van der Waals surface area contributed by atoms with Gasteiger partial charge in [-0.15, -0.1) is 11.3 Å². The lowest BCUT2D eigenvalue weighted by Gasteiger charge is -2.17. The smallest absolute Gasteiger partial charge is 0.107 e. The van der Waals surface area contributed by atoms with Crippen molar-refractivity contribution in [3.05, 3.63) is 38.2 Å². The molecule has 6 heteroatoms. The van der Waals surface area contributed by atoms with Gasteiger partial charge in [-0.05, 0) is 28.1 Å². The second kappa shape index (κ2) is 5.91. The first kappa shape index (κ1) is 13.6. The van der Waals surface area contributed by atoms with E-state index in [1.54, 1.807) is 17.5 Å². The van der Waals surface area contributed by atoms with E-state index in [-0.39, 0.29) is 0 Å². The highest BCUT2D eigenvalue weighted by atomic mass is 79.9. The van der Waals surface area contributed by atoms with E-state index in [0.29, 0.717) is 0 Å². The molecule has 0 bridgehead atoms. The fourth-order valence-electron chi connectivity index (χ4n) is 1.57. The van der Waals surface area contributed by atoms with Crippen LogP contribution in [0.2, 0.25) is 4.34 Å². The van der Waals surface area contributed by atoms with Crippen molar-refractivity contribution in [3.63, 3.8) is 0 Å². The zero-order valence-electron chi connectivity index (χ0n) is 10.1. The molecule has 0 fully saturated rings. The van der Waals surface area contributed by atoms with Crippen molar-refractivity contribution in [2.75, 3.05) is 24.3 Å². The van der Waals surface area contributed by atoms with E-state index in [2.05, 4.69) is 31.1 Å². The maximum Gasteiger partial charge on any atom is 0.107 e. The van der Waals surface area contributed by atoms with E-state index in [4.69, 9.17) is 11.6 Å². The molecule has 0 spiro atoms. The average molecular weight is 347 g/mol. The van der Waals surface area contributed by atoms with Gasteiger partial charge < -0.3 is 10.2 Å². The van der Waals surface area contributed by atoms with E-state index >= 15 is 0 Å². The molecule has 0 aliphatic rings. The molecule has 0 aromatic carbocycles. The topological polar surface area (TPSA) is 28.2 Å². The van der Waals surface area contributed by atoms with Crippen LogP contribution in [0.5, 0.6) is 0 Å². The minimum atomic E-state index is 0.739. The molecule has 2 heterocycles. The van der Waals surface area contributed by atoms with Gasteiger partial charge in [0.2, 0.25) is 0 Å². The van der Waals surface area contributed by atoms with Crippen molar-refractivity contribution in [3.8, 4) is 0 Å². The average Bonchev–Trinajstić information content (AvgIpc) is 2.66. The zero-order valence-corrected chi connectivity index (χ0v) is 13.2. The van der Waals surface area contributed by atoms with Gasteiger partial charge in [-0.25, -0.2) is 0 Å². The van der Waals surface area contributed by atoms with Crippen molar-refractivity contribution in [1.82, 2.24) is 4.98 Å². The second-order valence-electron chi connectivity index (χ2n) is 3.98. The van der Waals surface area contributed by atoms with E-state index in [1.165, 1.54) is 4.88 Å². The minimum absolute atomic E-state index is 0.739. The Hall–Kier alpha value is -0.780. The Morgan fingerprint density at radius 3 is 2.89 bits per heavy atom. The Kier molecular flexibility index (Phi) is 4.48. The lowest BCUT2D eigenvalue weighted by atomic mass is 10.3. The number of hydrogen-bond acceptors (Lipinski definition) is 4. The fraction of sp³-hybridized carbons (Fsp3) is 0.250. The van der Waals surface area contributed by atoms with Gasteiger partial charge in [-0.1, -0.05) is 11.6 Å². The van der Waals surface area contributed by atoms with Gasteiger partial charge in [0.05, 0.1) is 17.6 Å². The van der Waals surface area contributed by atoms with Crippen molar-refractivity contribution < 1.29 is 0 Å². The number of thiophene rings is 1. The highest BCUT2D eigenvalue weighted by Crippen LogP contribution is 2.32. The third-order valence-corrected chi connectivity index (χ3v) is 4.90.